The van der Waals surface area contributed by atoms with Crippen LogP contribution in [-0.4, -0.2) is 12.3 Å². The van der Waals surface area contributed by atoms with E-state index in [4.69, 9.17) is 9.53 Å². The van der Waals surface area contributed by atoms with Crippen LogP contribution in [0.4, 0.5) is 5.69 Å². The van der Waals surface area contributed by atoms with Crippen LogP contribution >= 0.6 is 0 Å². The lowest BCUT2D eigenvalue weighted by Crippen LogP contribution is -2.18. The smallest absolute Gasteiger partial charge is 0.255 e. The fraction of sp³-hybridized carbons (Fsp3) is 0.0476. The summed E-state index contributed by atoms with van der Waals surface area (Å²) in [5, 5.41) is 2.90. The van der Waals surface area contributed by atoms with Gasteiger partial charge in [-0.15, -0.1) is 0 Å². The average Bonchev–Trinajstić information content (AvgIpc) is 2.72. The Morgan fingerprint density at radius 3 is 2.33 bits per heavy atom. The highest BCUT2D eigenvalue weighted by molar-refractivity contribution is 6.04. The Bertz CT molecular complexity index is 942. The Labute approximate surface area is 156 Å². The van der Waals surface area contributed by atoms with E-state index in [0.717, 1.165) is 34.7 Å². The molecule has 0 unspecified atom stereocenters. The van der Waals surface area contributed by atoms with Gasteiger partial charge in [-0.3, -0.25) is 15.0 Å². The Morgan fingerprint density at radius 1 is 0.926 bits per heavy atom. The summed E-state index contributed by atoms with van der Waals surface area (Å²) in [4.78, 5) is 21.3. The Balaban J connectivity index is 0.000000481. The van der Waals surface area contributed by atoms with Crippen LogP contribution in [-0.2, 0) is 11.2 Å². The lowest BCUT2D eigenvalue weighted by molar-refractivity contribution is -0.109. The van der Waals surface area contributed by atoms with E-state index in [1.165, 1.54) is 0 Å². The van der Waals surface area contributed by atoms with Gasteiger partial charge in [0.1, 0.15) is 11.5 Å². The summed E-state index contributed by atoms with van der Waals surface area (Å²) in [6.45, 7) is 0. The highest BCUT2D eigenvalue weighted by Gasteiger charge is 2.18. The maximum Gasteiger partial charge on any atom is 0.255 e. The van der Waals surface area contributed by atoms with Gasteiger partial charge in [-0.25, -0.2) is 5.84 Å². The molecule has 1 heterocycles. The largest absolute Gasteiger partial charge is 0.457 e. The molecule has 2 amide bonds. The van der Waals surface area contributed by atoms with Gasteiger partial charge >= 0.3 is 0 Å². The fourth-order valence-electron chi connectivity index (χ4n) is 2.76. The van der Waals surface area contributed by atoms with Crippen LogP contribution in [0.15, 0.2) is 72.8 Å². The number of hydrazine groups is 1. The molecule has 6 nitrogen and oxygen atoms in total. The van der Waals surface area contributed by atoms with E-state index in [-0.39, 0.29) is 5.91 Å². The first kappa shape index (κ1) is 18.2. The molecule has 3 aromatic carbocycles. The molecule has 6 heteroatoms. The Hall–Kier alpha value is -3.64. The minimum atomic E-state index is -0.113. The van der Waals surface area contributed by atoms with E-state index in [0.29, 0.717) is 12.0 Å². The number of ether oxygens (including phenoxy) is 1. The van der Waals surface area contributed by atoms with Crippen molar-refractivity contribution in [2.24, 2.45) is 5.84 Å². The molecule has 0 radical (unpaired) electrons. The van der Waals surface area contributed by atoms with Crippen LogP contribution in [0.2, 0.25) is 0 Å². The van der Waals surface area contributed by atoms with E-state index >= 15 is 0 Å². The van der Waals surface area contributed by atoms with Crippen molar-refractivity contribution in [2.45, 2.75) is 6.42 Å². The molecule has 136 valence electrons. The van der Waals surface area contributed by atoms with Gasteiger partial charge in [-0.05, 0) is 42.0 Å². The number of fused-ring (bicyclic) bond motifs is 2. The second-order valence-electron chi connectivity index (χ2n) is 5.81. The number of anilines is 1. The van der Waals surface area contributed by atoms with Crippen LogP contribution in [0.3, 0.4) is 0 Å². The minimum Gasteiger partial charge on any atom is -0.457 e. The van der Waals surface area contributed by atoms with E-state index in [1.807, 2.05) is 60.7 Å². The predicted octanol–water partition coefficient (Wildman–Crippen LogP) is 3.24. The highest BCUT2D eigenvalue weighted by atomic mass is 16.5. The van der Waals surface area contributed by atoms with Crippen molar-refractivity contribution in [1.29, 1.82) is 0 Å². The second kappa shape index (κ2) is 8.64. The number of hydrogen-bond acceptors (Lipinski definition) is 4. The summed E-state index contributed by atoms with van der Waals surface area (Å²) in [7, 11) is 0. The lowest BCUT2D eigenvalue weighted by atomic mass is 9.98. The molecule has 0 aliphatic carbocycles. The van der Waals surface area contributed by atoms with Crippen LogP contribution < -0.4 is 21.3 Å². The number of carbonyl (C=O) groups is 2. The molecule has 0 bridgehead atoms. The third kappa shape index (κ3) is 4.50. The zero-order valence-electron chi connectivity index (χ0n) is 14.5. The molecule has 0 saturated heterocycles. The molecule has 1 aliphatic heterocycles. The van der Waals surface area contributed by atoms with Gasteiger partial charge in [-0.1, -0.05) is 36.4 Å². The van der Waals surface area contributed by atoms with Crippen molar-refractivity contribution >= 4 is 18.0 Å². The van der Waals surface area contributed by atoms with Crippen LogP contribution in [0.25, 0.3) is 0 Å². The zero-order valence-corrected chi connectivity index (χ0v) is 14.5. The van der Waals surface area contributed by atoms with Crippen LogP contribution in [0.5, 0.6) is 11.5 Å². The number of benzene rings is 3. The first-order valence-corrected chi connectivity index (χ1v) is 8.36. The van der Waals surface area contributed by atoms with Gasteiger partial charge in [0.05, 0.1) is 0 Å². The van der Waals surface area contributed by atoms with Gasteiger partial charge in [-0.2, -0.15) is 0 Å². The molecule has 4 N–H and O–H groups in total. The summed E-state index contributed by atoms with van der Waals surface area (Å²) in [6.07, 6.45) is 1.18. The monoisotopic (exact) mass is 361 g/mol. The number of nitrogens with one attached hydrogen (secondary N) is 2. The standard InChI is InChI=1S/C20H15NO2.CH4N2O/c22-20(21-17-7-2-1-3-8-17)15-10-11-19-16(13-15)12-14-6-4-5-9-18(14)23-19;2-3-1-4/h1-11,13H,12H2,(H,21,22);1H,2H2,(H,3,4). The third-order valence-corrected chi connectivity index (χ3v) is 4.00. The van der Waals surface area contributed by atoms with E-state index in [1.54, 1.807) is 11.5 Å². The number of carbonyl (C=O) groups excluding carboxylic acids is 2. The van der Waals surface area contributed by atoms with Gasteiger partial charge in [0.2, 0.25) is 6.41 Å². The fourth-order valence-corrected chi connectivity index (χ4v) is 2.76. The number of amides is 2. The summed E-state index contributed by atoms with van der Waals surface area (Å²) >= 11 is 0. The molecule has 4 rings (SSSR count). The molecule has 0 atom stereocenters. The third-order valence-electron chi connectivity index (χ3n) is 4.00. The predicted molar refractivity (Wildman–Crippen MR) is 104 cm³/mol. The molecule has 0 spiro atoms. The van der Waals surface area contributed by atoms with E-state index in [2.05, 4.69) is 17.2 Å². The van der Waals surface area contributed by atoms with Crippen molar-refractivity contribution in [2.75, 3.05) is 5.32 Å². The van der Waals surface area contributed by atoms with Crippen molar-refractivity contribution in [1.82, 2.24) is 5.43 Å². The molecular weight excluding hydrogens is 342 g/mol. The SMILES string of the molecule is NNC=O.O=C(Nc1ccccc1)c1ccc2c(c1)Cc1ccccc1O2. The van der Waals surface area contributed by atoms with Crippen molar-refractivity contribution in [3.8, 4) is 11.5 Å². The molecule has 27 heavy (non-hydrogen) atoms. The van der Waals surface area contributed by atoms with Gasteiger partial charge < -0.3 is 10.1 Å². The van der Waals surface area contributed by atoms with Gasteiger partial charge in [0, 0.05) is 23.2 Å². The molecule has 1 aliphatic rings. The quantitative estimate of drug-likeness (QED) is 0.226. The summed E-state index contributed by atoms with van der Waals surface area (Å²) < 4.78 is 5.90. The minimum absolute atomic E-state index is 0.113. The highest BCUT2D eigenvalue weighted by Crippen LogP contribution is 2.36. The lowest BCUT2D eigenvalue weighted by Gasteiger charge is -2.20. The average molecular weight is 361 g/mol. The van der Waals surface area contributed by atoms with E-state index in [9.17, 15) is 4.79 Å². The second-order valence-corrected chi connectivity index (χ2v) is 5.81. The normalized spacial score (nSPS) is 10.9. The summed E-state index contributed by atoms with van der Waals surface area (Å²) in [5.41, 5.74) is 5.34. The Kier molecular flexibility index (Phi) is 5.81. The number of hydrogen-bond donors (Lipinski definition) is 3. The van der Waals surface area contributed by atoms with Crippen LogP contribution in [0, 0.1) is 0 Å². The molecule has 3 aromatic rings. The zero-order chi connectivity index (χ0) is 19.1. The number of rotatable bonds is 3. The Morgan fingerprint density at radius 2 is 1.59 bits per heavy atom. The molecule has 0 aromatic heterocycles. The first-order valence-electron chi connectivity index (χ1n) is 8.36. The molecular formula is C21H19N3O3. The van der Waals surface area contributed by atoms with Gasteiger partial charge in [0.25, 0.3) is 5.91 Å². The summed E-state index contributed by atoms with van der Waals surface area (Å²) in [5.74, 6) is 6.01. The van der Waals surface area contributed by atoms with Crippen molar-refractivity contribution < 1.29 is 14.3 Å². The number of para-hydroxylation sites is 2. The van der Waals surface area contributed by atoms with Crippen molar-refractivity contribution in [3.63, 3.8) is 0 Å². The maximum atomic E-state index is 12.4. The topological polar surface area (TPSA) is 93.5 Å². The number of nitrogens with two attached hydrogens (primary N) is 1. The first-order chi connectivity index (χ1) is 13.2. The van der Waals surface area contributed by atoms with E-state index < -0.39 is 0 Å². The van der Waals surface area contributed by atoms with Gasteiger partial charge in [0.15, 0.2) is 0 Å². The maximum absolute atomic E-state index is 12.4. The van der Waals surface area contributed by atoms with Crippen LogP contribution in [0.1, 0.15) is 21.5 Å². The molecule has 0 saturated carbocycles. The van der Waals surface area contributed by atoms with Crippen molar-refractivity contribution in [3.05, 3.63) is 89.5 Å². The summed E-state index contributed by atoms with van der Waals surface area (Å²) in [6, 6.07) is 23.0. The molecule has 0 fully saturated rings.